The number of carbonyl (C=O) groups excluding carboxylic acids is 2. The minimum Gasteiger partial charge on any atom is -0.346 e. The third-order valence-corrected chi connectivity index (χ3v) is 5.67. The van der Waals surface area contributed by atoms with Gasteiger partial charge in [0.05, 0.1) is 5.69 Å². The maximum atomic E-state index is 13.5. The van der Waals surface area contributed by atoms with E-state index in [0.29, 0.717) is 12.4 Å². The number of amides is 3. The SMILES string of the molecule is CNC(=O)NC(C(=O)N1CC=C[C@H]1c1nc(-c2ccc(Br)cc2)c[nH]1)c1ccccc1. The summed E-state index contributed by atoms with van der Waals surface area (Å²) in [6, 6.07) is 15.6. The highest BCUT2D eigenvalue weighted by Crippen LogP contribution is 2.30. The molecule has 1 aliphatic rings. The monoisotopic (exact) mass is 479 g/mol. The van der Waals surface area contributed by atoms with Gasteiger partial charge in [0.2, 0.25) is 0 Å². The lowest BCUT2D eigenvalue weighted by Crippen LogP contribution is -2.45. The lowest BCUT2D eigenvalue weighted by molar-refractivity contribution is -0.134. The molecule has 0 saturated carbocycles. The van der Waals surface area contributed by atoms with Crippen LogP contribution in [0.5, 0.6) is 0 Å². The molecule has 0 saturated heterocycles. The average molecular weight is 480 g/mol. The number of hydrogen-bond acceptors (Lipinski definition) is 3. The van der Waals surface area contributed by atoms with Crippen molar-refractivity contribution < 1.29 is 9.59 Å². The van der Waals surface area contributed by atoms with Crippen molar-refractivity contribution in [2.75, 3.05) is 13.6 Å². The van der Waals surface area contributed by atoms with Crippen LogP contribution in [0.2, 0.25) is 0 Å². The van der Waals surface area contributed by atoms with Gasteiger partial charge in [-0.25, -0.2) is 9.78 Å². The largest absolute Gasteiger partial charge is 0.346 e. The molecule has 2 atom stereocenters. The highest BCUT2D eigenvalue weighted by atomic mass is 79.9. The molecular weight excluding hydrogens is 458 g/mol. The van der Waals surface area contributed by atoms with Crippen LogP contribution in [-0.4, -0.2) is 40.4 Å². The van der Waals surface area contributed by atoms with E-state index in [1.165, 1.54) is 7.05 Å². The van der Waals surface area contributed by atoms with Crippen LogP contribution in [0.15, 0.2) is 77.4 Å². The van der Waals surface area contributed by atoms with Gasteiger partial charge in [0, 0.05) is 29.8 Å². The van der Waals surface area contributed by atoms with Crippen LogP contribution in [0.3, 0.4) is 0 Å². The zero-order chi connectivity index (χ0) is 21.8. The van der Waals surface area contributed by atoms with E-state index < -0.39 is 12.1 Å². The Balaban J connectivity index is 1.59. The van der Waals surface area contributed by atoms with Gasteiger partial charge >= 0.3 is 6.03 Å². The fraction of sp³-hybridized carbons (Fsp3) is 0.174. The van der Waals surface area contributed by atoms with Crippen LogP contribution < -0.4 is 10.6 Å². The Morgan fingerprint density at radius 3 is 2.61 bits per heavy atom. The second-order valence-electron chi connectivity index (χ2n) is 7.11. The molecule has 2 aromatic carbocycles. The van der Waals surface area contributed by atoms with E-state index in [4.69, 9.17) is 4.98 Å². The normalized spacial score (nSPS) is 16.2. The zero-order valence-corrected chi connectivity index (χ0v) is 18.5. The smallest absolute Gasteiger partial charge is 0.315 e. The van der Waals surface area contributed by atoms with Gasteiger partial charge in [0.15, 0.2) is 0 Å². The molecule has 4 rings (SSSR count). The molecule has 0 aliphatic carbocycles. The fourth-order valence-corrected chi connectivity index (χ4v) is 3.81. The number of nitrogens with one attached hydrogen (secondary N) is 3. The predicted octanol–water partition coefficient (Wildman–Crippen LogP) is 3.95. The van der Waals surface area contributed by atoms with E-state index in [2.05, 4.69) is 31.5 Å². The number of halogens is 1. The third kappa shape index (κ3) is 4.54. The molecule has 7 nitrogen and oxygen atoms in total. The number of carbonyl (C=O) groups is 2. The van der Waals surface area contributed by atoms with Crippen molar-refractivity contribution in [3.8, 4) is 11.3 Å². The number of imidazole rings is 1. The number of hydrogen-bond donors (Lipinski definition) is 3. The lowest BCUT2D eigenvalue weighted by Gasteiger charge is -2.28. The molecule has 0 fully saturated rings. The summed E-state index contributed by atoms with van der Waals surface area (Å²) in [5, 5.41) is 5.28. The molecule has 8 heteroatoms. The van der Waals surface area contributed by atoms with Gasteiger partial charge in [0.25, 0.3) is 5.91 Å². The summed E-state index contributed by atoms with van der Waals surface area (Å²) in [6.45, 7) is 0.441. The summed E-state index contributed by atoms with van der Waals surface area (Å²) in [6.07, 6.45) is 5.72. The molecule has 158 valence electrons. The molecular formula is C23H22BrN5O2. The number of rotatable bonds is 5. The van der Waals surface area contributed by atoms with Gasteiger partial charge in [-0.1, -0.05) is 70.5 Å². The van der Waals surface area contributed by atoms with Crippen LogP contribution in [-0.2, 0) is 4.79 Å². The number of urea groups is 1. The summed E-state index contributed by atoms with van der Waals surface area (Å²) < 4.78 is 0.998. The number of nitrogens with zero attached hydrogens (tertiary/aromatic N) is 2. The van der Waals surface area contributed by atoms with E-state index in [9.17, 15) is 9.59 Å². The Morgan fingerprint density at radius 1 is 1.16 bits per heavy atom. The van der Waals surface area contributed by atoms with Crippen LogP contribution >= 0.6 is 15.9 Å². The molecule has 3 amide bonds. The van der Waals surface area contributed by atoms with Crippen molar-refractivity contribution in [3.05, 3.63) is 88.8 Å². The molecule has 3 N–H and O–H groups in total. The maximum Gasteiger partial charge on any atom is 0.315 e. The molecule has 1 aliphatic heterocycles. The molecule has 0 spiro atoms. The average Bonchev–Trinajstić information content (AvgIpc) is 3.47. The summed E-state index contributed by atoms with van der Waals surface area (Å²) in [7, 11) is 1.52. The Kier molecular flexibility index (Phi) is 6.18. The minimum atomic E-state index is -0.801. The molecule has 2 heterocycles. The zero-order valence-electron chi connectivity index (χ0n) is 16.9. The molecule has 1 aromatic heterocycles. The first-order valence-corrected chi connectivity index (χ1v) is 10.7. The highest BCUT2D eigenvalue weighted by Gasteiger charge is 2.34. The van der Waals surface area contributed by atoms with Gasteiger partial charge < -0.3 is 20.5 Å². The van der Waals surface area contributed by atoms with Crippen molar-refractivity contribution in [3.63, 3.8) is 0 Å². The second kappa shape index (κ2) is 9.18. The Labute approximate surface area is 188 Å². The van der Waals surface area contributed by atoms with Gasteiger partial charge in [-0.2, -0.15) is 0 Å². The Bertz CT molecular complexity index is 1090. The number of aromatic amines is 1. The van der Waals surface area contributed by atoms with Crippen LogP contribution in [0.25, 0.3) is 11.3 Å². The quantitative estimate of drug-likeness (QED) is 0.483. The number of benzene rings is 2. The van der Waals surface area contributed by atoms with Crippen LogP contribution in [0, 0.1) is 0 Å². The maximum absolute atomic E-state index is 13.5. The van der Waals surface area contributed by atoms with Crippen molar-refractivity contribution >= 4 is 27.9 Å². The molecule has 0 bridgehead atoms. The summed E-state index contributed by atoms with van der Waals surface area (Å²) in [5.74, 6) is 0.471. The van der Waals surface area contributed by atoms with Crippen molar-refractivity contribution in [1.29, 1.82) is 0 Å². The van der Waals surface area contributed by atoms with Crippen molar-refractivity contribution in [1.82, 2.24) is 25.5 Å². The minimum absolute atomic E-state index is 0.202. The second-order valence-corrected chi connectivity index (χ2v) is 8.02. The number of H-pyrrole nitrogens is 1. The van der Waals surface area contributed by atoms with E-state index in [1.807, 2.05) is 72.9 Å². The first-order chi connectivity index (χ1) is 15.1. The Hall–Kier alpha value is -3.39. The van der Waals surface area contributed by atoms with Gasteiger partial charge in [0.1, 0.15) is 17.9 Å². The fourth-order valence-electron chi connectivity index (χ4n) is 3.55. The Morgan fingerprint density at radius 2 is 1.90 bits per heavy atom. The van der Waals surface area contributed by atoms with Gasteiger partial charge in [-0.3, -0.25) is 4.79 Å². The van der Waals surface area contributed by atoms with Gasteiger partial charge in [-0.05, 0) is 17.7 Å². The molecule has 0 radical (unpaired) electrons. The standard InChI is InChI=1S/C23H22BrN5O2/c1-25-23(31)28-20(16-6-3-2-4-7-16)22(30)29-13-5-8-19(29)21-26-14-18(27-21)15-9-11-17(24)12-10-15/h2-12,14,19-20H,13H2,1H3,(H,26,27)(H2,25,28,31)/t19-,20?/m0/s1. The first kappa shape index (κ1) is 20.9. The molecule has 1 unspecified atom stereocenters. The van der Waals surface area contributed by atoms with E-state index in [0.717, 1.165) is 21.3 Å². The molecule has 31 heavy (non-hydrogen) atoms. The van der Waals surface area contributed by atoms with E-state index in [-0.39, 0.29) is 11.9 Å². The van der Waals surface area contributed by atoms with E-state index in [1.54, 1.807) is 4.90 Å². The van der Waals surface area contributed by atoms with Crippen LogP contribution in [0.4, 0.5) is 4.79 Å². The summed E-state index contributed by atoms with van der Waals surface area (Å²) >= 11 is 3.44. The lowest BCUT2D eigenvalue weighted by atomic mass is 10.0. The molecule has 3 aromatic rings. The first-order valence-electron chi connectivity index (χ1n) is 9.88. The number of aromatic nitrogens is 2. The summed E-state index contributed by atoms with van der Waals surface area (Å²) in [4.78, 5) is 35.1. The van der Waals surface area contributed by atoms with Crippen molar-refractivity contribution in [2.24, 2.45) is 0 Å². The van der Waals surface area contributed by atoms with E-state index >= 15 is 0 Å². The highest BCUT2D eigenvalue weighted by molar-refractivity contribution is 9.10. The van der Waals surface area contributed by atoms with Crippen molar-refractivity contribution in [2.45, 2.75) is 12.1 Å². The van der Waals surface area contributed by atoms with Gasteiger partial charge in [-0.15, -0.1) is 0 Å². The topological polar surface area (TPSA) is 90.1 Å². The predicted molar refractivity (Wildman–Crippen MR) is 122 cm³/mol. The summed E-state index contributed by atoms with van der Waals surface area (Å²) in [5.41, 5.74) is 2.50. The third-order valence-electron chi connectivity index (χ3n) is 5.14. The van der Waals surface area contributed by atoms with Crippen LogP contribution in [0.1, 0.15) is 23.5 Å².